The molecule has 0 spiro atoms. The fourth-order valence-corrected chi connectivity index (χ4v) is 1.61. The highest BCUT2D eigenvalue weighted by atomic mass is 16.6. The number of esters is 1. The maximum Gasteiger partial charge on any atom is 0.407 e. The van der Waals surface area contributed by atoms with Crippen molar-refractivity contribution in [1.82, 2.24) is 5.32 Å². The molecular weight excluding hydrogens is 270 g/mol. The second-order valence-corrected chi connectivity index (χ2v) is 5.90. The van der Waals surface area contributed by atoms with Gasteiger partial charge in [0, 0.05) is 6.04 Å². The van der Waals surface area contributed by atoms with Gasteiger partial charge in [-0.3, -0.25) is 4.79 Å². The summed E-state index contributed by atoms with van der Waals surface area (Å²) in [4.78, 5) is 23.2. The third-order valence-electron chi connectivity index (χ3n) is 2.48. The molecule has 0 aromatic heterocycles. The van der Waals surface area contributed by atoms with E-state index in [9.17, 15) is 9.59 Å². The first-order chi connectivity index (χ1) is 9.76. The highest BCUT2D eigenvalue weighted by Crippen LogP contribution is 2.07. The minimum absolute atomic E-state index is 0.103. The van der Waals surface area contributed by atoms with E-state index in [1.165, 1.54) is 0 Å². The predicted molar refractivity (Wildman–Crippen MR) is 79.7 cm³/mol. The molecule has 5 nitrogen and oxygen atoms in total. The number of amides is 1. The normalized spacial score (nSPS) is 12.4. The van der Waals surface area contributed by atoms with Gasteiger partial charge >= 0.3 is 12.1 Å². The van der Waals surface area contributed by atoms with Crippen molar-refractivity contribution in [3.63, 3.8) is 0 Å². The van der Waals surface area contributed by atoms with Crippen molar-refractivity contribution < 1.29 is 19.1 Å². The smallest absolute Gasteiger partial charge is 0.407 e. The van der Waals surface area contributed by atoms with Gasteiger partial charge in [-0.25, -0.2) is 4.79 Å². The number of alkyl carbamates (subject to hydrolysis) is 1. The average molecular weight is 293 g/mol. The lowest BCUT2D eigenvalue weighted by Crippen LogP contribution is -2.38. The lowest BCUT2D eigenvalue weighted by atomic mass is 10.2. The van der Waals surface area contributed by atoms with Gasteiger partial charge in [0.15, 0.2) is 0 Å². The van der Waals surface area contributed by atoms with Gasteiger partial charge in [-0.2, -0.15) is 0 Å². The lowest BCUT2D eigenvalue weighted by molar-refractivity contribution is -0.145. The first-order valence-corrected chi connectivity index (χ1v) is 6.95. The molecule has 1 amide bonds. The van der Waals surface area contributed by atoms with Crippen LogP contribution in [-0.2, 0) is 20.9 Å². The molecule has 0 saturated carbocycles. The van der Waals surface area contributed by atoms with Crippen LogP contribution >= 0.6 is 0 Å². The Morgan fingerprint density at radius 3 is 2.38 bits per heavy atom. The fraction of sp³-hybridized carbons (Fsp3) is 0.500. The molecule has 0 saturated heterocycles. The molecule has 1 N–H and O–H groups in total. The third-order valence-corrected chi connectivity index (χ3v) is 2.48. The highest BCUT2D eigenvalue weighted by Gasteiger charge is 2.19. The monoisotopic (exact) mass is 293 g/mol. The summed E-state index contributed by atoms with van der Waals surface area (Å²) in [5.41, 5.74) is 0.371. The molecule has 0 aliphatic rings. The molecule has 1 atom stereocenters. The quantitative estimate of drug-likeness (QED) is 0.847. The van der Waals surface area contributed by atoms with Crippen LogP contribution in [0.15, 0.2) is 30.3 Å². The van der Waals surface area contributed by atoms with Crippen molar-refractivity contribution in [2.24, 2.45) is 0 Å². The Balaban J connectivity index is 2.29. The zero-order chi connectivity index (χ0) is 15.9. The van der Waals surface area contributed by atoms with Crippen molar-refractivity contribution in [2.45, 2.75) is 52.4 Å². The van der Waals surface area contributed by atoms with Crippen LogP contribution in [0, 0.1) is 0 Å². The number of hydrogen-bond donors (Lipinski definition) is 1. The summed E-state index contributed by atoms with van der Waals surface area (Å²) in [7, 11) is 0. The minimum atomic E-state index is -0.558. The zero-order valence-electron chi connectivity index (χ0n) is 13.0. The second-order valence-electron chi connectivity index (χ2n) is 5.90. The van der Waals surface area contributed by atoms with Crippen LogP contribution in [0.4, 0.5) is 4.79 Å². The minimum Gasteiger partial charge on any atom is -0.461 e. The number of carbonyl (C=O) groups is 2. The maximum absolute atomic E-state index is 11.7. The molecule has 0 radical (unpaired) electrons. The Morgan fingerprint density at radius 2 is 1.81 bits per heavy atom. The average Bonchev–Trinajstić information content (AvgIpc) is 2.35. The lowest BCUT2D eigenvalue weighted by Gasteiger charge is -2.21. The van der Waals surface area contributed by atoms with Crippen LogP contribution in [-0.4, -0.2) is 23.7 Å². The SMILES string of the molecule is CC(CC(=O)OCc1ccccc1)NC(=O)OC(C)(C)C. The van der Waals surface area contributed by atoms with E-state index in [-0.39, 0.29) is 25.0 Å². The number of carbonyl (C=O) groups excluding carboxylic acids is 2. The molecule has 0 fully saturated rings. The Bertz CT molecular complexity index is 465. The standard InChI is InChI=1S/C16H23NO4/c1-12(17-15(19)21-16(2,3)4)10-14(18)20-11-13-8-6-5-7-9-13/h5-9,12H,10-11H2,1-4H3,(H,17,19). The number of hydrogen-bond acceptors (Lipinski definition) is 4. The molecule has 0 aliphatic heterocycles. The predicted octanol–water partition coefficient (Wildman–Crippen LogP) is 3.03. The van der Waals surface area contributed by atoms with E-state index in [1.807, 2.05) is 30.3 Å². The molecule has 116 valence electrons. The Morgan fingerprint density at radius 1 is 1.19 bits per heavy atom. The van der Waals surface area contributed by atoms with Crippen LogP contribution in [0.2, 0.25) is 0 Å². The number of ether oxygens (including phenoxy) is 2. The molecule has 1 aromatic rings. The largest absolute Gasteiger partial charge is 0.461 e. The second kappa shape index (κ2) is 7.67. The molecular formula is C16H23NO4. The van der Waals surface area contributed by atoms with Crippen molar-refractivity contribution in [3.05, 3.63) is 35.9 Å². The van der Waals surface area contributed by atoms with Crippen molar-refractivity contribution in [1.29, 1.82) is 0 Å². The molecule has 21 heavy (non-hydrogen) atoms. The van der Waals surface area contributed by atoms with E-state index >= 15 is 0 Å². The van der Waals surface area contributed by atoms with Crippen molar-refractivity contribution >= 4 is 12.1 Å². The molecule has 1 aromatic carbocycles. The Labute approximate surface area is 125 Å². The van der Waals surface area contributed by atoms with Gasteiger partial charge in [0.05, 0.1) is 6.42 Å². The first-order valence-electron chi connectivity index (χ1n) is 6.95. The van der Waals surface area contributed by atoms with Crippen molar-refractivity contribution in [3.8, 4) is 0 Å². The molecule has 0 heterocycles. The van der Waals surface area contributed by atoms with E-state index in [2.05, 4.69) is 5.32 Å². The van der Waals surface area contributed by atoms with Crippen LogP contribution in [0.5, 0.6) is 0 Å². The van der Waals surface area contributed by atoms with Crippen LogP contribution < -0.4 is 5.32 Å². The summed E-state index contributed by atoms with van der Waals surface area (Å²) >= 11 is 0. The highest BCUT2D eigenvalue weighted by molar-refractivity contribution is 5.72. The van der Waals surface area contributed by atoms with Gasteiger partial charge in [0.25, 0.3) is 0 Å². The molecule has 5 heteroatoms. The van der Waals surface area contributed by atoms with Crippen molar-refractivity contribution in [2.75, 3.05) is 0 Å². The van der Waals surface area contributed by atoms with Gasteiger partial charge < -0.3 is 14.8 Å². The molecule has 1 rings (SSSR count). The summed E-state index contributed by atoms with van der Waals surface area (Å²) < 4.78 is 10.3. The topological polar surface area (TPSA) is 64.6 Å². The van der Waals surface area contributed by atoms with E-state index in [4.69, 9.17) is 9.47 Å². The van der Waals surface area contributed by atoms with Gasteiger partial charge in [-0.15, -0.1) is 0 Å². The summed E-state index contributed by atoms with van der Waals surface area (Å²) in [5.74, 6) is -0.359. The van der Waals surface area contributed by atoms with Crippen LogP contribution in [0.25, 0.3) is 0 Å². The number of nitrogens with one attached hydrogen (secondary N) is 1. The van der Waals surface area contributed by atoms with Gasteiger partial charge in [-0.05, 0) is 33.3 Å². The first kappa shape index (κ1) is 17.0. The molecule has 0 bridgehead atoms. The van der Waals surface area contributed by atoms with E-state index in [0.717, 1.165) is 5.56 Å². The van der Waals surface area contributed by atoms with Crippen LogP contribution in [0.3, 0.4) is 0 Å². The number of rotatable bonds is 5. The molecule has 0 aliphatic carbocycles. The maximum atomic E-state index is 11.7. The number of benzene rings is 1. The summed E-state index contributed by atoms with van der Waals surface area (Å²) in [6.07, 6.45) is -0.433. The fourth-order valence-electron chi connectivity index (χ4n) is 1.61. The summed E-state index contributed by atoms with van der Waals surface area (Å²) in [6.45, 7) is 7.31. The Kier molecular flexibility index (Phi) is 6.21. The Hall–Kier alpha value is -2.04. The van der Waals surface area contributed by atoms with Crippen LogP contribution in [0.1, 0.15) is 39.7 Å². The van der Waals surface area contributed by atoms with E-state index < -0.39 is 11.7 Å². The van der Waals surface area contributed by atoms with Gasteiger partial charge in [-0.1, -0.05) is 30.3 Å². The van der Waals surface area contributed by atoms with E-state index in [0.29, 0.717) is 0 Å². The van der Waals surface area contributed by atoms with Gasteiger partial charge in [0.2, 0.25) is 0 Å². The summed E-state index contributed by atoms with van der Waals surface area (Å²) in [5, 5.41) is 2.60. The summed E-state index contributed by atoms with van der Waals surface area (Å²) in [6, 6.07) is 9.10. The molecule has 1 unspecified atom stereocenters. The zero-order valence-corrected chi connectivity index (χ0v) is 13.0. The van der Waals surface area contributed by atoms with E-state index in [1.54, 1.807) is 27.7 Å². The third kappa shape index (κ3) is 7.97. The van der Waals surface area contributed by atoms with Gasteiger partial charge in [0.1, 0.15) is 12.2 Å².